The van der Waals surface area contributed by atoms with Crippen molar-refractivity contribution in [2.24, 2.45) is 5.92 Å². The molecule has 2 unspecified atom stereocenters. The number of methoxy groups -OCH3 is 3. The van der Waals surface area contributed by atoms with Crippen LogP contribution in [0, 0.1) is 5.92 Å². The number of hydrogen-bond acceptors (Lipinski definition) is 10. The maximum absolute atomic E-state index is 14.3. The van der Waals surface area contributed by atoms with Gasteiger partial charge in [0.15, 0.2) is 17.6 Å². The van der Waals surface area contributed by atoms with E-state index in [2.05, 4.69) is 4.90 Å². The molecule has 3 fully saturated rings. The summed E-state index contributed by atoms with van der Waals surface area (Å²) in [5.41, 5.74) is 1.88. The molecule has 3 saturated heterocycles. The highest BCUT2D eigenvalue weighted by Crippen LogP contribution is 2.43. The summed E-state index contributed by atoms with van der Waals surface area (Å²) in [6.07, 6.45) is 2.15. The Hall–Kier alpha value is -4.07. The number of halogens is 2. The van der Waals surface area contributed by atoms with Gasteiger partial charge >= 0.3 is 5.97 Å². The lowest BCUT2D eigenvalue weighted by Gasteiger charge is -2.42. The fraction of sp³-hybridized carbons (Fsp3) is 0.488. The zero-order valence-electron chi connectivity index (χ0n) is 31.9. The Morgan fingerprint density at radius 3 is 2.24 bits per heavy atom. The molecule has 0 N–H and O–H groups in total. The van der Waals surface area contributed by atoms with Crippen LogP contribution in [-0.4, -0.2) is 119 Å². The minimum absolute atomic E-state index is 0.0133. The van der Waals surface area contributed by atoms with Crippen LogP contribution in [0.1, 0.15) is 48.5 Å². The molecular formula is C41H50Cl2N4O8. The minimum Gasteiger partial charge on any atom is -0.493 e. The summed E-state index contributed by atoms with van der Waals surface area (Å²) in [5.74, 6) is 0.532. The van der Waals surface area contributed by atoms with Crippen molar-refractivity contribution < 1.29 is 38.1 Å². The number of hydrogen-bond donors (Lipinski definition) is 0. The first kappa shape index (κ1) is 40.6. The molecule has 0 spiro atoms. The van der Waals surface area contributed by atoms with E-state index in [-0.39, 0.29) is 36.3 Å². The van der Waals surface area contributed by atoms with Crippen molar-refractivity contribution in [1.29, 1.82) is 0 Å². The average Bonchev–Trinajstić information content (AvgIpc) is 3.66. The van der Waals surface area contributed by atoms with Gasteiger partial charge in [-0.25, -0.2) is 14.8 Å². The molecule has 0 aromatic heterocycles. The summed E-state index contributed by atoms with van der Waals surface area (Å²) in [6, 6.07) is 18.7. The molecule has 0 aliphatic carbocycles. The SMILES string of the molecule is CCOC(=O)C1CN(N(C(=O)C2CCN(CCC3(c4ccc(Cl)c(Cl)c4)CCN(C(=O)c4cc(OC)c(OC)c(OC)c4)C3)CC2)c2ccccc2)CCO1. The number of ether oxygens (including phenoxy) is 5. The van der Waals surface area contributed by atoms with Crippen molar-refractivity contribution >= 4 is 46.7 Å². The fourth-order valence-electron chi connectivity index (χ4n) is 7.99. The van der Waals surface area contributed by atoms with Crippen LogP contribution in [0.3, 0.4) is 0 Å². The Morgan fingerprint density at radius 1 is 0.891 bits per heavy atom. The van der Waals surface area contributed by atoms with Crippen molar-refractivity contribution in [1.82, 2.24) is 14.8 Å². The summed E-state index contributed by atoms with van der Waals surface area (Å²) in [4.78, 5) is 45.2. The lowest BCUT2D eigenvalue weighted by Crippen LogP contribution is -2.58. The predicted molar refractivity (Wildman–Crippen MR) is 210 cm³/mol. The van der Waals surface area contributed by atoms with Gasteiger partial charge in [0.05, 0.1) is 56.8 Å². The Labute approximate surface area is 333 Å². The summed E-state index contributed by atoms with van der Waals surface area (Å²) in [7, 11) is 4.59. The summed E-state index contributed by atoms with van der Waals surface area (Å²) in [6.45, 7) is 6.37. The number of piperidine rings is 1. The zero-order chi connectivity index (χ0) is 39.1. The highest BCUT2D eigenvalue weighted by molar-refractivity contribution is 6.42. The number of carbonyl (C=O) groups is 3. The van der Waals surface area contributed by atoms with Crippen LogP contribution < -0.4 is 19.2 Å². The Balaban J connectivity index is 1.15. The van der Waals surface area contributed by atoms with Gasteiger partial charge < -0.3 is 33.5 Å². The molecule has 296 valence electrons. The number of hydrazine groups is 1. The average molecular weight is 798 g/mol. The van der Waals surface area contributed by atoms with Gasteiger partial charge in [-0.15, -0.1) is 0 Å². The molecule has 3 aliphatic rings. The van der Waals surface area contributed by atoms with Crippen molar-refractivity contribution in [2.75, 3.05) is 85.4 Å². The van der Waals surface area contributed by atoms with Gasteiger partial charge in [-0.1, -0.05) is 47.5 Å². The van der Waals surface area contributed by atoms with Crippen molar-refractivity contribution in [2.45, 2.75) is 44.1 Å². The molecule has 6 rings (SSSR count). The molecule has 0 radical (unpaired) electrons. The van der Waals surface area contributed by atoms with E-state index in [0.29, 0.717) is 71.9 Å². The van der Waals surface area contributed by atoms with E-state index in [4.69, 9.17) is 46.9 Å². The van der Waals surface area contributed by atoms with Gasteiger partial charge in [-0.05, 0) is 94.2 Å². The van der Waals surface area contributed by atoms with E-state index in [1.54, 1.807) is 24.1 Å². The summed E-state index contributed by atoms with van der Waals surface area (Å²) < 4.78 is 27.5. The summed E-state index contributed by atoms with van der Waals surface area (Å²) >= 11 is 12.9. The smallest absolute Gasteiger partial charge is 0.336 e. The molecule has 55 heavy (non-hydrogen) atoms. The van der Waals surface area contributed by atoms with Gasteiger partial charge in [0.25, 0.3) is 5.91 Å². The first-order valence-electron chi connectivity index (χ1n) is 18.8. The van der Waals surface area contributed by atoms with Gasteiger partial charge in [0.1, 0.15) is 0 Å². The molecule has 2 amide bonds. The monoisotopic (exact) mass is 796 g/mol. The van der Waals surface area contributed by atoms with Crippen LogP contribution in [0.25, 0.3) is 0 Å². The first-order chi connectivity index (χ1) is 26.6. The molecule has 3 aliphatic heterocycles. The van der Waals surface area contributed by atoms with Gasteiger partial charge in [0.2, 0.25) is 11.7 Å². The number of carbonyl (C=O) groups excluding carboxylic acids is 3. The molecule has 0 saturated carbocycles. The van der Waals surface area contributed by atoms with Crippen LogP contribution in [0.15, 0.2) is 60.7 Å². The van der Waals surface area contributed by atoms with E-state index in [0.717, 1.165) is 43.7 Å². The number of morpholine rings is 1. The molecule has 3 aromatic carbocycles. The maximum Gasteiger partial charge on any atom is 0.336 e. The van der Waals surface area contributed by atoms with Crippen LogP contribution in [0.4, 0.5) is 5.69 Å². The third kappa shape index (κ3) is 8.99. The van der Waals surface area contributed by atoms with Gasteiger partial charge in [-0.2, -0.15) is 0 Å². The number of rotatable bonds is 13. The largest absolute Gasteiger partial charge is 0.493 e. The predicted octanol–water partition coefficient (Wildman–Crippen LogP) is 6.12. The van der Waals surface area contributed by atoms with E-state index >= 15 is 0 Å². The quantitative estimate of drug-likeness (QED) is 0.188. The van der Waals surface area contributed by atoms with Crippen molar-refractivity contribution in [3.05, 3.63) is 81.8 Å². The standard InChI is InChI=1S/C41H50Cl2N4O8/c1-5-54-40(50)36-26-46(21-22-55-36)47(31-9-7-6-8-10-31)39(49)28-13-17-44(18-14-28)19-15-41(30-11-12-32(42)33(43)25-30)16-20-45(27-41)38(48)29-23-34(51-2)37(53-4)35(24-29)52-3/h6-12,23-25,28,36H,5,13-22,26-27H2,1-4H3. The molecule has 0 bridgehead atoms. The summed E-state index contributed by atoms with van der Waals surface area (Å²) in [5, 5.41) is 4.62. The molecule has 14 heteroatoms. The molecule has 12 nitrogen and oxygen atoms in total. The third-order valence-corrected chi connectivity index (χ3v) is 11.8. The van der Waals surface area contributed by atoms with E-state index in [1.165, 1.54) is 21.3 Å². The van der Waals surface area contributed by atoms with E-state index in [1.807, 2.05) is 58.4 Å². The minimum atomic E-state index is -0.763. The molecule has 2 atom stereocenters. The topological polar surface area (TPSA) is 110 Å². The maximum atomic E-state index is 14.3. The van der Waals surface area contributed by atoms with Crippen LogP contribution in [0.2, 0.25) is 10.0 Å². The molecular weight excluding hydrogens is 747 g/mol. The molecule has 3 heterocycles. The second-order valence-electron chi connectivity index (χ2n) is 14.2. The Kier molecular flexibility index (Phi) is 13.5. The van der Waals surface area contributed by atoms with Crippen LogP contribution in [0.5, 0.6) is 17.2 Å². The van der Waals surface area contributed by atoms with Crippen molar-refractivity contribution in [3.8, 4) is 17.2 Å². The molecule has 3 aromatic rings. The number of nitrogens with zero attached hydrogens (tertiary/aromatic N) is 4. The van der Waals surface area contributed by atoms with E-state index < -0.39 is 12.1 Å². The van der Waals surface area contributed by atoms with Gasteiger partial charge in [-0.3, -0.25) is 9.59 Å². The van der Waals surface area contributed by atoms with Crippen LogP contribution in [-0.2, 0) is 24.5 Å². The lowest BCUT2D eigenvalue weighted by molar-refractivity contribution is -0.163. The number of benzene rings is 3. The normalized spacial score (nSPS) is 20.9. The second kappa shape index (κ2) is 18.3. The second-order valence-corrected chi connectivity index (χ2v) is 15.0. The van der Waals surface area contributed by atoms with Crippen LogP contribution >= 0.6 is 23.2 Å². The van der Waals surface area contributed by atoms with E-state index in [9.17, 15) is 14.4 Å². The lowest BCUT2D eigenvalue weighted by atomic mass is 9.76. The number of esters is 1. The Morgan fingerprint density at radius 2 is 1.60 bits per heavy atom. The number of para-hydroxylation sites is 1. The highest BCUT2D eigenvalue weighted by Gasteiger charge is 2.43. The fourth-order valence-corrected chi connectivity index (χ4v) is 8.28. The number of likely N-dealkylation sites (tertiary alicyclic amines) is 2. The van der Waals surface area contributed by atoms with Crippen molar-refractivity contribution in [3.63, 3.8) is 0 Å². The third-order valence-electron chi connectivity index (χ3n) is 11.0. The Bertz CT molecular complexity index is 1800. The zero-order valence-corrected chi connectivity index (χ0v) is 33.4. The highest BCUT2D eigenvalue weighted by atomic mass is 35.5. The van der Waals surface area contributed by atoms with Gasteiger partial charge in [0, 0.05) is 36.5 Å². The number of amides is 2. The number of anilines is 1. The first-order valence-corrected chi connectivity index (χ1v) is 19.6.